The summed E-state index contributed by atoms with van der Waals surface area (Å²) in [6, 6.07) is 4.13. The number of carbonyl (C=O) groups excluding carboxylic acids is 1. The van der Waals surface area contributed by atoms with Gasteiger partial charge >= 0.3 is 6.61 Å². The third-order valence-electron chi connectivity index (χ3n) is 1.69. The summed E-state index contributed by atoms with van der Waals surface area (Å²) < 4.78 is 27.8. The lowest BCUT2D eigenvalue weighted by atomic mass is 10.1. The molecule has 0 amide bonds. The van der Waals surface area contributed by atoms with E-state index in [1.54, 1.807) is 0 Å². The maximum Gasteiger partial charge on any atom is 0.387 e. The Balaban J connectivity index is 2.83. The van der Waals surface area contributed by atoms with Crippen LogP contribution in [0, 0.1) is 0 Å². The molecule has 1 rings (SSSR count). The molecule has 5 heteroatoms. The Morgan fingerprint density at radius 1 is 1.53 bits per heavy atom. The van der Waals surface area contributed by atoms with Crippen LogP contribution < -0.4 is 4.74 Å². The van der Waals surface area contributed by atoms with Crippen LogP contribution in [0.4, 0.5) is 8.78 Å². The molecule has 2 nitrogen and oxygen atoms in total. The van der Waals surface area contributed by atoms with Crippen LogP contribution in [-0.4, -0.2) is 12.4 Å². The largest absolute Gasteiger partial charge is 0.435 e. The molecule has 0 atom stereocenters. The first-order valence-corrected chi connectivity index (χ1v) is 4.59. The van der Waals surface area contributed by atoms with E-state index in [0.29, 0.717) is 5.56 Å². The van der Waals surface area contributed by atoms with Crippen molar-refractivity contribution in [2.45, 2.75) is 20.0 Å². The maximum atomic E-state index is 11.8. The van der Waals surface area contributed by atoms with Gasteiger partial charge < -0.3 is 4.74 Å². The zero-order valence-electron chi connectivity index (χ0n) is 7.97. The molecule has 0 spiro atoms. The lowest BCUT2D eigenvalue weighted by Gasteiger charge is -2.07. The van der Waals surface area contributed by atoms with E-state index in [0.717, 1.165) is 0 Å². The number of hydrogen-bond donors (Lipinski definition) is 0. The third-order valence-corrected chi connectivity index (χ3v) is 2.04. The molecule has 0 saturated carbocycles. The number of carbonyl (C=O) groups is 1. The Bertz CT molecular complexity index is 366. The van der Waals surface area contributed by atoms with Gasteiger partial charge in [-0.3, -0.25) is 4.79 Å². The molecule has 0 radical (unpaired) electrons. The van der Waals surface area contributed by atoms with E-state index in [-0.39, 0.29) is 23.0 Å². The minimum absolute atomic E-state index is 0.0118. The van der Waals surface area contributed by atoms with Gasteiger partial charge in [-0.15, -0.1) is 0 Å². The number of ether oxygens (including phenoxy) is 1. The zero-order valence-corrected chi connectivity index (χ0v) is 8.72. The van der Waals surface area contributed by atoms with E-state index >= 15 is 0 Å². The summed E-state index contributed by atoms with van der Waals surface area (Å²) in [5.41, 5.74) is 0.603. The highest BCUT2D eigenvalue weighted by Gasteiger charge is 2.08. The lowest BCUT2D eigenvalue weighted by molar-refractivity contribution is -0.116. The quantitative estimate of drug-likeness (QED) is 0.800. The standard InChI is InChI=1S/C10H9ClF2O2/c1-6(14)4-7-2-3-8(5-9(7)11)15-10(12)13/h2-3,5,10H,4H2,1H3. The first-order chi connectivity index (χ1) is 6.99. The van der Waals surface area contributed by atoms with Gasteiger partial charge in [-0.25, -0.2) is 0 Å². The second-order valence-electron chi connectivity index (χ2n) is 3.01. The van der Waals surface area contributed by atoms with Crippen LogP contribution >= 0.6 is 11.6 Å². The van der Waals surface area contributed by atoms with Crippen LogP contribution in [0.25, 0.3) is 0 Å². The average molecular weight is 235 g/mol. The summed E-state index contributed by atoms with van der Waals surface area (Å²) in [6.45, 7) is -1.44. The predicted octanol–water partition coefficient (Wildman–Crippen LogP) is 3.07. The Morgan fingerprint density at radius 2 is 2.20 bits per heavy atom. The summed E-state index contributed by atoms with van der Waals surface area (Å²) in [6.07, 6.45) is 0.188. The summed E-state index contributed by atoms with van der Waals surface area (Å²) in [4.78, 5) is 10.8. The average Bonchev–Trinajstić information content (AvgIpc) is 2.08. The van der Waals surface area contributed by atoms with Crippen molar-refractivity contribution in [3.05, 3.63) is 28.8 Å². The molecule has 0 N–H and O–H groups in total. The predicted molar refractivity (Wildman–Crippen MR) is 52.5 cm³/mol. The fourth-order valence-corrected chi connectivity index (χ4v) is 1.35. The molecule has 0 aliphatic carbocycles. The van der Waals surface area contributed by atoms with Gasteiger partial charge in [0.05, 0.1) is 0 Å². The van der Waals surface area contributed by atoms with Gasteiger partial charge in [0.2, 0.25) is 0 Å². The molecule has 0 aromatic heterocycles. The molecule has 1 aromatic carbocycles. The molecule has 0 bridgehead atoms. The van der Waals surface area contributed by atoms with Crippen molar-refractivity contribution in [1.82, 2.24) is 0 Å². The molecule has 0 fully saturated rings. The Labute approximate surface area is 90.8 Å². The van der Waals surface area contributed by atoms with Gasteiger partial charge in [0, 0.05) is 11.4 Å². The second-order valence-corrected chi connectivity index (χ2v) is 3.42. The van der Waals surface area contributed by atoms with Crippen LogP contribution in [0.2, 0.25) is 5.02 Å². The highest BCUT2D eigenvalue weighted by molar-refractivity contribution is 6.31. The van der Waals surface area contributed by atoms with E-state index in [9.17, 15) is 13.6 Å². The fourth-order valence-electron chi connectivity index (χ4n) is 1.12. The number of alkyl halides is 2. The van der Waals surface area contributed by atoms with Crippen LogP contribution in [0.1, 0.15) is 12.5 Å². The number of ketones is 1. The molecule has 1 aromatic rings. The van der Waals surface area contributed by atoms with Crippen molar-refractivity contribution in [1.29, 1.82) is 0 Å². The number of benzene rings is 1. The minimum Gasteiger partial charge on any atom is -0.435 e. The highest BCUT2D eigenvalue weighted by Crippen LogP contribution is 2.24. The summed E-state index contributed by atoms with van der Waals surface area (Å²) >= 11 is 5.78. The zero-order chi connectivity index (χ0) is 11.4. The molecular formula is C10H9ClF2O2. The number of rotatable bonds is 4. The summed E-state index contributed by atoms with van der Waals surface area (Å²) in [7, 11) is 0. The third kappa shape index (κ3) is 3.83. The molecule has 15 heavy (non-hydrogen) atoms. The first kappa shape index (κ1) is 11.9. The minimum atomic E-state index is -2.88. The van der Waals surface area contributed by atoms with Crippen molar-refractivity contribution < 1.29 is 18.3 Å². The van der Waals surface area contributed by atoms with E-state index in [1.165, 1.54) is 25.1 Å². The van der Waals surface area contributed by atoms with Crippen molar-refractivity contribution in [3.8, 4) is 5.75 Å². The molecule has 82 valence electrons. The highest BCUT2D eigenvalue weighted by atomic mass is 35.5. The smallest absolute Gasteiger partial charge is 0.387 e. The van der Waals surface area contributed by atoms with Gasteiger partial charge in [-0.1, -0.05) is 17.7 Å². The van der Waals surface area contributed by atoms with Gasteiger partial charge in [-0.2, -0.15) is 8.78 Å². The van der Waals surface area contributed by atoms with Crippen LogP contribution in [0.3, 0.4) is 0 Å². The number of hydrogen-bond acceptors (Lipinski definition) is 2. The normalized spacial score (nSPS) is 10.5. The molecule has 0 aliphatic heterocycles. The maximum absolute atomic E-state index is 11.8. The van der Waals surface area contributed by atoms with E-state index in [2.05, 4.69) is 4.74 Å². The van der Waals surface area contributed by atoms with Gasteiger partial charge in [0.25, 0.3) is 0 Å². The Hall–Kier alpha value is -1.16. The fraction of sp³-hybridized carbons (Fsp3) is 0.300. The Kier molecular flexibility index (Phi) is 4.03. The first-order valence-electron chi connectivity index (χ1n) is 4.21. The molecule has 0 heterocycles. The van der Waals surface area contributed by atoms with Crippen molar-refractivity contribution >= 4 is 17.4 Å². The van der Waals surface area contributed by atoms with E-state index < -0.39 is 6.61 Å². The second kappa shape index (κ2) is 5.07. The van der Waals surface area contributed by atoms with Gasteiger partial charge in [0.1, 0.15) is 11.5 Å². The van der Waals surface area contributed by atoms with Crippen molar-refractivity contribution in [3.63, 3.8) is 0 Å². The van der Waals surface area contributed by atoms with Crippen molar-refractivity contribution in [2.75, 3.05) is 0 Å². The summed E-state index contributed by atoms with van der Waals surface area (Å²) in [5.74, 6) is -0.0540. The van der Waals surface area contributed by atoms with E-state index in [4.69, 9.17) is 11.6 Å². The number of halogens is 3. The van der Waals surface area contributed by atoms with Crippen LogP contribution in [0.5, 0.6) is 5.75 Å². The van der Waals surface area contributed by atoms with E-state index in [1.807, 2.05) is 0 Å². The number of Topliss-reactive ketones (excluding diaryl/α,β-unsaturated/α-hetero) is 1. The molecular weight excluding hydrogens is 226 g/mol. The van der Waals surface area contributed by atoms with Crippen molar-refractivity contribution in [2.24, 2.45) is 0 Å². The Morgan fingerprint density at radius 3 is 2.67 bits per heavy atom. The SMILES string of the molecule is CC(=O)Cc1ccc(OC(F)F)cc1Cl. The monoisotopic (exact) mass is 234 g/mol. The molecule has 0 aliphatic rings. The molecule has 0 saturated heterocycles. The lowest BCUT2D eigenvalue weighted by Crippen LogP contribution is -2.03. The van der Waals surface area contributed by atoms with Crippen LogP contribution in [-0.2, 0) is 11.2 Å². The van der Waals surface area contributed by atoms with Gasteiger partial charge in [0.15, 0.2) is 0 Å². The molecule has 0 unspecified atom stereocenters. The van der Waals surface area contributed by atoms with Crippen LogP contribution in [0.15, 0.2) is 18.2 Å². The summed E-state index contributed by atoms with van der Waals surface area (Å²) in [5, 5.41) is 0.253. The topological polar surface area (TPSA) is 26.3 Å². The van der Waals surface area contributed by atoms with Gasteiger partial charge in [-0.05, 0) is 24.6 Å².